The molecule has 1 N–H and O–H groups in total. The fourth-order valence-corrected chi connectivity index (χ4v) is 2.30. The van der Waals surface area contributed by atoms with E-state index in [0.717, 1.165) is 22.2 Å². The number of hydrogen-bond donors (Lipinski definition) is 1. The van der Waals surface area contributed by atoms with E-state index in [1.54, 1.807) is 6.92 Å². The highest BCUT2D eigenvalue weighted by Gasteiger charge is 2.08. The number of aliphatic hydroxyl groups is 1. The number of pyridine rings is 1. The smallest absolute Gasteiger partial charge is 0.130 e. The molecule has 0 spiro atoms. The maximum atomic E-state index is 9.75. The highest BCUT2D eigenvalue weighted by atomic mass is 16.5. The number of fused-ring (bicyclic) bond motifs is 1. The molecule has 0 unspecified atom stereocenters. The van der Waals surface area contributed by atoms with Gasteiger partial charge in [-0.15, -0.1) is 0 Å². The molecule has 1 atom stereocenters. The molecule has 3 heteroatoms. The first-order valence-electron chi connectivity index (χ1n) is 6.98. The van der Waals surface area contributed by atoms with Gasteiger partial charge in [-0.2, -0.15) is 0 Å². The average molecular weight is 279 g/mol. The van der Waals surface area contributed by atoms with Crippen LogP contribution in [0.25, 0.3) is 10.9 Å². The van der Waals surface area contributed by atoms with Crippen LogP contribution in [0.1, 0.15) is 24.3 Å². The molecular formula is C18H17NO2. The number of hydrogen-bond acceptors (Lipinski definition) is 3. The number of ether oxygens (including phenoxy) is 1. The van der Waals surface area contributed by atoms with E-state index in [0.29, 0.717) is 12.4 Å². The second-order valence-electron chi connectivity index (χ2n) is 5.00. The first-order chi connectivity index (χ1) is 10.2. The highest BCUT2D eigenvalue weighted by Crippen LogP contribution is 2.25. The van der Waals surface area contributed by atoms with Gasteiger partial charge < -0.3 is 9.84 Å². The average Bonchev–Trinajstić information content (AvgIpc) is 2.53. The van der Waals surface area contributed by atoms with Gasteiger partial charge in [0.05, 0.1) is 17.3 Å². The van der Waals surface area contributed by atoms with Crippen molar-refractivity contribution in [2.24, 2.45) is 0 Å². The van der Waals surface area contributed by atoms with Crippen molar-refractivity contribution in [2.45, 2.75) is 19.6 Å². The predicted octanol–water partition coefficient (Wildman–Crippen LogP) is 3.87. The van der Waals surface area contributed by atoms with Crippen LogP contribution in [-0.2, 0) is 6.61 Å². The predicted molar refractivity (Wildman–Crippen MR) is 83.2 cm³/mol. The van der Waals surface area contributed by atoms with Crippen LogP contribution >= 0.6 is 0 Å². The van der Waals surface area contributed by atoms with Crippen molar-refractivity contribution < 1.29 is 9.84 Å². The van der Waals surface area contributed by atoms with Crippen molar-refractivity contribution in [2.75, 3.05) is 0 Å². The van der Waals surface area contributed by atoms with E-state index in [9.17, 15) is 5.11 Å². The highest BCUT2D eigenvalue weighted by molar-refractivity contribution is 5.78. The minimum atomic E-state index is -0.550. The molecule has 0 radical (unpaired) electrons. The minimum Gasteiger partial charge on any atom is -0.487 e. The van der Waals surface area contributed by atoms with E-state index in [1.807, 2.05) is 60.7 Å². The lowest BCUT2D eigenvalue weighted by Crippen LogP contribution is -2.02. The van der Waals surface area contributed by atoms with Crippen LogP contribution in [0.5, 0.6) is 5.75 Å². The van der Waals surface area contributed by atoms with Crippen LogP contribution in [0, 0.1) is 0 Å². The third-order valence-electron chi connectivity index (χ3n) is 3.40. The Morgan fingerprint density at radius 3 is 2.62 bits per heavy atom. The largest absolute Gasteiger partial charge is 0.487 e. The van der Waals surface area contributed by atoms with Crippen LogP contribution in [0.15, 0.2) is 60.7 Å². The summed E-state index contributed by atoms with van der Waals surface area (Å²) in [4.78, 5) is 4.58. The zero-order valence-corrected chi connectivity index (χ0v) is 11.9. The Bertz CT molecular complexity index is 753. The summed E-state index contributed by atoms with van der Waals surface area (Å²) in [5.41, 5.74) is 2.62. The Morgan fingerprint density at radius 1 is 1.00 bits per heavy atom. The van der Waals surface area contributed by atoms with Gasteiger partial charge in [0.1, 0.15) is 12.4 Å². The lowest BCUT2D eigenvalue weighted by molar-refractivity contribution is 0.190. The minimum absolute atomic E-state index is 0.383. The Kier molecular flexibility index (Phi) is 3.84. The molecule has 0 amide bonds. The number of nitrogens with zero attached hydrogens (tertiary/aromatic N) is 1. The molecule has 2 aromatic carbocycles. The van der Waals surface area contributed by atoms with Crippen molar-refractivity contribution in [3.05, 3.63) is 71.9 Å². The first-order valence-corrected chi connectivity index (χ1v) is 6.98. The number of rotatable bonds is 4. The maximum absolute atomic E-state index is 9.75. The lowest BCUT2D eigenvalue weighted by Gasteiger charge is -2.13. The SMILES string of the molecule is C[C@H](O)c1ccccc1OCc1ccc2ccccc2n1. The van der Waals surface area contributed by atoms with Gasteiger partial charge in [-0.3, -0.25) is 0 Å². The molecule has 0 fully saturated rings. The molecule has 3 nitrogen and oxygen atoms in total. The van der Waals surface area contributed by atoms with Crippen molar-refractivity contribution in [1.29, 1.82) is 0 Å². The molecule has 0 aliphatic carbocycles. The number of aromatic nitrogens is 1. The van der Waals surface area contributed by atoms with Crippen LogP contribution in [0.3, 0.4) is 0 Å². The summed E-state index contributed by atoms with van der Waals surface area (Å²) in [6, 6.07) is 19.5. The second kappa shape index (κ2) is 5.94. The van der Waals surface area contributed by atoms with E-state index in [-0.39, 0.29) is 0 Å². The fourth-order valence-electron chi connectivity index (χ4n) is 2.30. The van der Waals surface area contributed by atoms with Gasteiger partial charge in [0.2, 0.25) is 0 Å². The van der Waals surface area contributed by atoms with Crippen LogP contribution in [0.2, 0.25) is 0 Å². The molecule has 3 rings (SSSR count). The molecule has 0 bridgehead atoms. The molecule has 0 saturated carbocycles. The fraction of sp³-hybridized carbons (Fsp3) is 0.167. The summed E-state index contributed by atoms with van der Waals surface area (Å²) in [7, 11) is 0. The summed E-state index contributed by atoms with van der Waals surface area (Å²) in [5.74, 6) is 0.697. The van der Waals surface area contributed by atoms with Gasteiger partial charge >= 0.3 is 0 Å². The third kappa shape index (κ3) is 3.03. The van der Waals surface area contributed by atoms with Crippen molar-refractivity contribution in [1.82, 2.24) is 4.98 Å². The van der Waals surface area contributed by atoms with Crippen molar-refractivity contribution in [3.8, 4) is 5.75 Å². The monoisotopic (exact) mass is 279 g/mol. The third-order valence-corrected chi connectivity index (χ3v) is 3.40. The van der Waals surface area contributed by atoms with Crippen LogP contribution in [0.4, 0.5) is 0 Å². The zero-order chi connectivity index (χ0) is 14.7. The Labute approximate surface area is 123 Å². The Morgan fingerprint density at radius 2 is 1.76 bits per heavy atom. The zero-order valence-electron chi connectivity index (χ0n) is 11.9. The summed E-state index contributed by atoms with van der Waals surface area (Å²) < 4.78 is 5.81. The molecule has 1 heterocycles. The van der Waals surface area contributed by atoms with E-state index >= 15 is 0 Å². The van der Waals surface area contributed by atoms with Crippen molar-refractivity contribution >= 4 is 10.9 Å². The number of para-hydroxylation sites is 2. The van der Waals surface area contributed by atoms with E-state index in [4.69, 9.17) is 4.74 Å². The molecule has 21 heavy (non-hydrogen) atoms. The molecule has 0 saturated heterocycles. The number of aliphatic hydroxyl groups excluding tert-OH is 1. The van der Waals surface area contributed by atoms with Gasteiger partial charge in [0, 0.05) is 10.9 Å². The van der Waals surface area contributed by atoms with Crippen molar-refractivity contribution in [3.63, 3.8) is 0 Å². The van der Waals surface area contributed by atoms with E-state index in [1.165, 1.54) is 0 Å². The molecule has 1 aromatic heterocycles. The standard InChI is InChI=1S/C18H17NO2/c1-13(20)16-7-3-5-9-18(16)21-12-15-11-10-14-6-2-4-8-17(14)19-15/h2-11,13,20H,12H2,1H3/t13-/m0/s1. The van der Waals surface area contributed by atoms with E-state index in [2.05, 4.69) is 4.98 Å². The van der Waals surface area contributed by atoms with Crippen LogP contribution in [-0.4, -0.2) is 10.1 Å². The van der Waals surface area contributed by atoms with Gasteiger partial charge in [0.25, 0.3) is 0 Å². The lowest BCUT2D eigenvalue weighted by atomic mass is 10.1. The van der Waals surface area contributed by atoms with Crippen LogP contribution < -0.4 is 4.74 Å². The molecule has 106 valence electrons. The topological polar surface area (TPSA) is 42.4 Å². The quantitative estimate of drug-likeness (QED) is 0.788. The van der Waals surface area contributed by atoms with Gasteiger partial charge in [-0.1, -0.05) is 42.5 Å². The van der Waals surface area contributed by atoms with Gasteiger partial charge in [0.15, 0.2) is 0 Å². The second-order valence-corrected chi connectivity index (χ2v) is 5.00. The maximum Gasteiger partial charge on any atom is 0.130 e. The summed E-state index contributed by atoms with van der Waals surface area (Å²) in [5, 5.41) is 10.9. The molecule has 3 aromatic rings. The van der Waals surface area contributed by atoms with Gasteiger partial charge in [-0.25, -0.2) is 4.98 Å². The first kappa shape index (κ1) is 13.6. The normalized spacial score (nSPS) is 12.3. The molecule has 0 aliphatic rings. The summed E-state index contributed by atoms with van der Waals surface area (Å²) in [6.45, 7) is 2.12. The Balaban J connectivity index is 1.80. The molecular weight excluding hydrogens is 262 g/mol. The van der Waals surface area contributed by atoms with Gasteiger partial charge in [-0.05, 0) is 25.1 Å². The number of benzene rings is 2. The molecule has 0 aliphatic heterocycles. The van der Waals surface area contributed by atoms with E-state index < -0.39 is 6.10 Å². The summed E-state index contributed by atoms with van der Waals surface area (Å²) in [6.07, 6.45) is -0.550. The Hall–Kier alpha value is -2.39. The summed E-state index contributed by atoms with van der Waals surface area (Å²) >= 11 is 0.